The molecule has 0 saturated heterocycles. The molecule has 1 aromatic carbocycles. The zero-order valence-corrected chi connectivity index (χ0v) is 10.6. The van der Waals surface area contributed by atoms with Crippen LogP contribution in [0.15, 0.2) is 39.3 Å². The molecule has 0 spiro atoms. The van der Waals surface area contributed by atoms with Crippen molar-refractivity contribution in [2.75, 3.05) is 0 Å². The molecule has 0 aliphatic carbocycles. The van der Waals surface area contributed by atoms with Crippen LogP contribution in [0.2, 0.25) is 0 Å². The molecular formula is C12H13BrN2O. The topological polar surface area (TPSA) is 38.1 Å². The second kappa shape index (κ2) is 5.27. The molecule has 0 fully saturated rings. The molecule has 2 aromatic rings. The number of rotatable bonds is 4. The van der Waals surface area contributed by atoms with Gasteiger partial charge in [0.15, 0.2) is 5.76 Å². The highest BCUT2D eigenvalue weighted by atomic mass is 79.9. The highest BCUT2D eigenvalue weighted by Crippen LogP contribution is 2.11. The fraction of sp³-hybridized carbons (Fsp3) is 0.250. The largest absolute Gasteiger partial charge is 0.360 e. The number of hydrogen-bond donors (Lipinski definition) is 1. The molecule has 0 bridgehead atoms. The predicted octanol–water partition coefficient (Wildman–Crippen LogP) is 3.04. The highest BCUT2D eigenvalue weighted by Gasteiger charge is 2.00. The summed E-state index contributed by atoms with van der Waals surface area (Å²) in [6.45, 7) is 3.44. The first-order valence-corrected chi connectivity index (χ1v) is 5.91. The summed E-state index contributed by atoms with van der Waals surface area (Å²) in [5.41, 5.74) is 2.16. The Labute approximate surface area is 103 Å². The van der Waals surface area contributed by atoms with Gasteiger partial charge < -0.3 is 9.84 Å². The number of aromatic nitrogens is 1. The Balaban J connectivity index is 1.84. The van der Waals surface area contributed by atoms with E-state index in [9.17, 15) is 0 Å². The lowest BCUT2D eigenvalue weighted by molar-refractivity contribution is 0.369. The first kappa shape index (κ1) is 11.4. The molecule has 1 aromatic heterocycles. The summed E-state index contributed by atoms with van der Waals surface area (Å²) < 4.78 is 6.20. The van der Waals surface area contributed by atoms with Gasteiger partial charge in [-0.15, -0.1) is 0 Å². The monoisotopic (exact) mass is 280 g/mol. The van der Waals surface area contributed by atoms with E-state index in [0.717, 1.165) is 22.5 Å². The maximum atomic E-state index is 5.10. The van der Waals surface area contributed by atoms with Gasteiger partial charge in [-0.3, -0.25) is 0 Å². The number of benzene rings is 1. The molecule has 0 radical (unpaired) electrons. The van der Waals surface area contributed by atoms with Gasteiger partial charge in [-0.05, 0) is 24.6 Å². The first-order valence-electron chi connectivity index (χ1n) is 5.11. The Morgan fingerprint density at radius 2 is 2.19 bits per heavy atom. The number of nitrogens with one attached hydrogen (secondary N) is 1. The van der Waals surface area contributed by atoms with E-state index < -0.39 is 0 Å². The van der Waals surface area contributed by atoms with Crippen LogP contribution >= 0.6 is 15.9 Å². The molecule has 3 nitrogen and oxygen atoms in total. The van der Waals surface area contributed by atoms with Gasteiger partial charge in [0.05, 0.1) is 12.2 Å². The quantitative estimate of drug-likeness (QED) is 0.936. The van der Waals surface area contributed by atoms with E-state index >= 15 is 0 Å². The summed E-state index contributed by atoms with van der Waals surface area (Å²) in [6, 6.07) is 10.2. The molecule has 0 saturated carbocycles. The summed E-state index contributed by atoms with van der Waals surface area (Å²) in [4.78, 5) is 0. The van der Waals surface area contributed by atoms with Crippen molar-refractivity contribution < 1.29 is 4.52 Å². The molecular weight excluding hydrogens is 268 g/mol. The fourth-order valence-electron chi connectivity index (χ4n) is 1.48. The van der Waals surface area contributed by atoms with Crippen LogP contribution in [-0.2, 0) is 13.1 Å². The van der Waals surface area contributed by atoms with Gasteiger partial charge in [0.1, 0.15) is 0 Å². The standard InChI is InChI=1S/C12H13BrN2O/c1-9-5-12(16-15-9)8-14-7-10-3-2-4-11(13)6-10/h2-6,14H,7-8H2,1H3. The average molecular weight is 281 g/mol. The van der Waals surface area contributed by atoms with Gasteiger partial charge in [-0.25, -0.2) is 0 Å². The fourth-order valence-corrected chi connectivity index (χ4v) is 1.92. The van der Waals surface area contributed by atoms with E-state index in [0.29, 0.717) is 6.54 Å². The van der Waals surface area contributed by atoms with Crippen LogP contribution in [0.1, 0.15) is 17.0 Å². The molecule has 4 heteroatoms. The van der Waals surface area contributed by atoms with E-state index in [1.165, 1.54) is 5.56 Å². The third-order valence-electron chi connectivity index (χ3n) is 2.19. The zero-order chi connectivity index (χ0) is 11.4. The Bertz CT molecular complexity index is 468. The lowest BCUT2D eigenvalue weighted by atomic mass is 10.2. The van der Waals surface area contributed by atoms with Crippen LogP contribution in [0, 0.1) is 6.92 Å². The molecule has 84 valence electrons. The Morgan fingerprint density at radius 1 is 1.31 bits per heavy atom. The minimum Gasteiger partial charge on any atom is -0.360 e. The van der Waals surface area contributed by atoms with E-state index in [2.05, 4.69) is 38.5 Å². The van der Waals surface area contributed by atoms with Gasteiger partial charge in [0.25, 0.3) is 0 Å². The van der Waals surface area contributed by atoms with Crippen LogP contribution in [0.4, 0.5) is 0 Å². The third-order valence-corrected chi connectivity index (χ3v) is 2.69. The van der Waals surface area contributed by atoms with Crippen LogP contribution in [-0.4, -0.2) is 5.16 Å². The summed E-state index contributed by atoms with van der Waals surface area (Å²) in [5, 5.41) is 7.14. The van der Waals surface area contributed by atoms with Gasteiger partial charge in [-0.2, -0.15) is 0 Å². The van der Waals surface area contributed by atoms with E-state index in [1.54, 1.807) is 0 Å². The second-order valence-electron chi connectivity index (χ2n) is 3.67. The van der Waals surface area contributed by atoms with E-state index in [1.807, 2.05) is 25.1 Å². The molecule has 2 rings (SSSR count). The Hall–Kier alpha value is -1.13. The smallest absolute Gasteiger partial charge is 0.150 e. The van der Waals surface area contributed by atoms with Gasteiger partial charge in [-0.1, -0.05) is 33.2 Å². The van der Waals surface area contributed by atoms with Crippen LogP contribution < -0.4 is 5.32 Å². The number of halogens is 1. The van der Waals surface area contributed by atoms with Gasteiger partial charge in [0, 0.05) is 17.1 Å². The summed E-state index contributed by atoms with van der Waals surface area (Å²) in [5.74, 6) is 0.868. The normalized spacial score (nSPS) is 10.6. The molecule has 1 N–H and O–H groups in total. The zero-order valence-electron chi connectivity index (χ0n) is 9.03. The third kappa shape index (κ3) is 3.18. The lowest BCUT2D eigenvalue weighted by Crippen LogP contribution is -2.11. The minimum absolute atomic E-state index is 0.702. The van der Waals surface area contributed by atoms with Crippen molar-refractivity contribution >= 4 is 15.9 Å². The molecule has 0 atom stereocenters. The van der Waals surface area contributed by atoms with E-state index in [-0.39, 0.29) is 0 Å². The Kier molecular flexibility index (Phi) is 3.74. The molecule has 1 heterocycles. The summed E-state index contributed by atoms with van der Waals surface area (Å²) in [7, 11) is 0. The SMILES string of the molecule is Cc1cc(CNCc2cccc(Br)c2)on1. The van der Waals surface area contributed by atoms with Gasteiger partial charge in [0.2, 0.25) is 0 Å². The van der Waals surface area contributed by atoms with Crippen molar-refractivity contribution in [3.8, 4) is 0 Å². The average Bonchev–Trinajstić information content (AvgIpc) is 2.64. The van der Waals surface area contributed by atoms with E-state index in [4.69, 9.17) is 4.52 Å². The molecule has 0 unspecified atom stereocenters. The van der Waals surface area contributed by atoms with Crippen molar-refractivity contribution in [3.05, 3.63) is 51.8 Å². The van der Waals surface area contributed by atoms with Crippen molar-refractivity contribution in [1.82, 2.24) is 10.5 Å². The van der Waals surface area contributed by atoms with Crippen LogP contribution in [0.5, 0.6) is 0 Å². The number of nitrogens with zero attached hydrogens (tertiary/aromatic N) is 1. The molecule has 0 aliphatic rings. The summed E-state index contributed by atoms with van der Waals surface area (Å²) in [6.07, 6.45) is 0. The van der Waals surface area contributed by atoms with Crippen molar-refractivity contribution in [2.24, 2.45) is 0 Å². The van der Waals surface area contributed by atoms with Gasteiger partial charge >= 0.3 is 0 Å². The maximum absolute atomic E-state index is 5.10. The molecule has 0 amide bonds. The summed E-state index contributed by atoms with van der Waals surface area (Å²) >= 11 is 3.45. The highest BCUT2D eigenvalue weighted by molar-refractivity contribution is 9.10. The maximum Gasteiger partial charge on any atom is 0.150 e. The Morgan fingerprint density at radius 3 is 2.88 bits per heavy atom. The second-order valence-corrected chi connectivity index (χ2v) is 4.58. The lowest BCUT2D eigenvalue weighted by Gasteiger charge is -2.02. The van der Waals surface area contributed by atoms with Crippen molar-refractivity contribution in [2.45, 2.75) is 20.0 Å². The predicted molar refractivity (Wildman–Crippen MR) is 65.9 cm³/mol. The molecule has 0 aliphatic heterocycles. The molecule has 16 heavy (non-hydrogen) atoms. The minimum atomic E-state index is 0.702. The number of aryl methyl sites for hydroxylation is 1. The van der Waals surface area contributed by atoms with Crippen molar-refractivity contribution in [3.63, 3.8) is 0 Å². The first-order chi connectivity index (χ1) is 7.74. The van der Waals surface area contributed by atoms with Crippen molar-refractivity contribution in [1.29, 1.82) is 0 Å². The van der Waals surface area contributed by atoms with Crippen LogP contribution in [0.3, 0.4) is 0 Å². The van der Waals surface area contributed by atoms with Crippen LogP contribution in [0.25, 0.3) is 0 Å². The number of hydrogen-bond acceptors (Lipinski definition) is 3.